The van der Waals surface area contributed by atoms with Crippen molar-refractivity contribution >= 4 is 28.2 Å². The largest absolute Gasteiger partial charge is 0.348 e. The van der Waals surface area contributed by atoms with E-state index in [-0.39, 0.29) is 12.2 Å². The summed E-state index contributed by atoms with van der Waals surface area (Å²) in [5, 5.41) is 7.81. The number of nitrogens with one attached hydrogen (secondary N) is 2. The molecule has 2 amide bonds. The van der Waals surface area contributed by atoms with Crippen molar-refractivity contribution < 1.29 is 13.6 Å². The summed E-state index contributed by atoms with van der Waals surface area (Å²) in [6.45, 7) is 2.29. The highest BCUT2D eigenvalue weighted by Crippen LogP contribution is 2.24. The molecule has 0 unspecified atom stereocenters. The Bertz CT molecular complexity index is 701. The Morgan fingerprint density at radius 3 is 2.83 bits per heavy atom. The monoisotopic (exact) mass is 338 g/mol. The molecule has 1 aliphatic heterocycles. The van der Waals surface area contributed by atoms with Crippen LogP contribution in [-0.2, 0) is 6.54 Å². The number of urea groups is 1. The molecule has 1 aromatic heterocycles. The Morgan fingerprint density at radius 2 is 2.09 bits per heavy atom. The fraction of sp³-hybridized carbons (Fsp3) is 0.333. The Hall–Kier alpha value is -2.22. The van der Waals surface area contributed by atoms with Crippen molar-refractivity contribution in [1.82, 2.24) is 10.3 Å². The van der Waals surface area contributed by atoms with Crippen molar-refractivity contribution in [2.24, 2.45) is 0 Å². The zero-order valence-electron chi connectivity index (χ0n) is 12.3. The molecule has 1 aromatic carbocycles. The molecule has 2 heterocycles. The van der Waals surface area contributed by atoms with Crippen molar-refractivity contribution in [1.29, 1.82) is 0 Å². The molecule has 122 valence electrons. The number of amides is 2. The fourth-order valence-corrected chi connectivity index (χ4v) is 3.24. The lowest BCUT2D eigenvalue weighted by Crippen LogP contribution is -2.28. The second kappa shape index (κ2) is 6.91. The molecule has 0 bridgehead atoms. The van der Waals surface area contributed by atoms with Gasteiger partial charge in [0.15, 0.2) is 5.13 Å². The standard InChI is InChI=1S/C15H16F2N4OS/c16-10-3-4-13(12(17)7-10)20-14(22)18-8-11-9-23-15(19-11)21-5-1-2-6-21/h3-4,7,9H,1-2,5-6,8H2,(H2,18,20,22). The van der Waals surface area contributed by atoms with E-state index in [1.54, 1.807) is 11.3 Å². The number of halogens is 2. The molecule has 2 aromatic rings. The van der Waals surface area contributed by atoms with Crippen LogP contribution in [0, 0.1) is 11.6 Å². The van der Waals surface area contributed by atoms with Gasteiger partial charge in [0.05, 0.1) is 17.9 Å². The van der Waals surface area contributed by atoms with Crippen molar-refractivity contribution in [3.05, 3.63) is 40.9 Å². The second-order valence-electron chi connectivity index (χ2n) is 5.25. The average Bonchev–Trinajstić information content (AvgIpc) is 3.18. The summed E-state index contributed by atoms with van der Waals surface area (Å²) in [5.41, 5.74) is 0.687. The van der Waals surface area contributed by atoms with Crippen molar-refractivity contribution in [3.8, 4) is 0 Å². The lowest BCUT2D eigenvalue weighted by molar-refractivity contribution is 0.251. The van der Waals surface area contributed by atoms with Crippen LogP contribution in [0.25, 0.3) is 0 Å². The summed E-state index contributed by atoms with van der Waals surface area (Å²) in [6, 6.07) is 2.42. The SMILES string of the molecule is O=C(NCc1csc(N2CCCC2)n1)Nc1ccc(F)cc1F. The lowest BCUT2D eigenvalue weighted by Gasteiger charge is -2.12. The quantitative estimate of drug-likeness (QED) is 0.899. The van der Waals surface area contributed by atoms with E-state index in [0.29, 0.717) is 0 Å². The van der Waals surface area contributed by atoms with Crippen LogP contribution in [-0.4, -0.2) is 24.1 Å². The van der Waals surface area contributed by atoms with E-state index in [2.05, 4.69) is 20.5 Å². The number of benzene rings is 1. The molecular weight excluding hydrogens is 322 g/mol. The van der Waals surface area contributed by atoms with Gasteiger partial charge in [0.25, 0.3) is 0 Å². The molecule has 5 nitrogen and oxygen atoms in total. The second-order valence-corrected chi connectivity index (χ2v) is 6.08. The molecule has 1 fully saturated rings. The molecular formula is C15H16F2N4OS. The summed E-state index contributed by atoms with van der Waals surface area (Å²) in [5.74, 6) is -1.50. The fourth-order valence-electron chi connectivity index (χ4n) is 2.36. The molecule has 3 rings (SSSR count). The Kier molecular flexibility index (Phi) is 4.71. The topological polar surface area (TPSA) is 57.3 Å². The molecule has 0 radical (unpaired) electrons. The molecule has 8 heteroatoms. The molecule has 1 saturated heterocycles. The number of rotatable bonds is 4. The van der Waals surface area contributed by atoms with Crippen molar-refractivity contribution in [2.45, 2.75) is 19.4 Å². The van der Waals surface area contributed by atoms with Crippen LogP contribution in [0.2, 0.25) is 0 Å². The van der Waals surface area contributed by atoms with Crippen LogP contribution >= 0.6 is 11.3 Å². The van der Waals surface area contributed by atoms with Crippen LogP contribution in [0.4, 0.5) is 24.4 Å². The molecule has 0 spiro atoms. The first kappa shape index (κ1) is 15.7. The zero-order chi connectivity index (χ0) is 16.2. The summed E-state index contributed by atoms with van der Waals surface area (Å²) in [4.78, 5) is 18.5. The Morgan fingerprint density at radius 1 is 1.30 bits per heavy atom. The molecule has 0 saturated carbocycles. The summed E-state index contributed by atoms with van der Waals surface area (Å²) in [7, 11) is 0. The highest BCUT2D eigenvalue weighted by Gasteiger charge is 2.16. The normalized spacial score (nSPS) is 14.1. The van der Waals surface area contributed by atoms with Gasteiger partial charge in [-0.05, 0) is 25.0 Å². The van der Waals surface area contributed by atoms with Gasteiger partial charge in [0, 0.05) is 24.5 Å². The molecule has 23 heavy (non-hydrogen) atoms. The first-order valence-corrected chi connectivity index (χ1v) is 8.19. The van der Waals surface area contributed by atoms with Gasteiger partial charge in [-0.2, -0.15) is 0 Å². The Balaban J connectivity index is 1.52. The molecule has 1 aliphatic rings. The van der Waals surface area contributed by atoms with Gasteiger partial charge >= 0.3 is 6.03 Å². The maximum absolute atomic E-state index is 13.5. The van der Waals surface area contributed by atoms with Crippen molar-refractivity contribution in [3.63, 3.8) is 0 Å². The molecule has 0 aliphatic carbocycles. The summed E-state index contributed by atoms with van der Waals surface area (Å²) in [6.07, 6.45) is 2.36. The minimum atomic E-state index is -0.815. The van der Waals surface area contributed by atoms with Crippen LogP contribution in [0.15, 0.2) is 23.6 Å². The number of carbonyl (C=O) groups is 1. The highest BCUT2D eigenvalue weighted by atomic mass is 32.1. The number of thiazole rings is 1. The van der Waals surface area contributed by atoms with Gasteiger partial charge in [0.2, 0.25) is 0 Å². The number of anilines is 2. The number of carbonyl (C=O) groups excluding carboxylic acids is 1. The number of hydrogen-bond donors (Lipinski definition) is 2. The third kappa shape index (κ3) is 3.95. The predicted molar refractivity (Wildman–Crippen MR) is 85.8 cm³/mol. The van der Waals surface area contributed by atoms with Gasteiger partial charge in [-0.1, -0.05) is 0 Å². The maximum atomic E-state index is 13.5. The smallest absolute Gasteiger partial charge is 0.319 e. The van der Waals surface area contributed by atoms with Gasteiger partial charge in [-0.25, -0.2) is 18.6 Å². The van der Waals surface area contributed by atoms with E-state index < -0.39 is 17.7 Å². The molecule has 2 N–H and O–H groups in total. The first-order chi connectivity index (χ1) is 11.1. The lowest BCUT2D eigenvalue weighted by atomic mass is 10.3. The van der Waals surface area contributed by atoms with Crippen LogP contribution in [0.5, 0.6) is 0 Å². The third-order valence-electron chi connectivity index (χ3n) is 3.53. The predicted octanol–water partition coefficient (Wildman–Crippen LogP) is 3.34. The maximum Gasteiger partial charge on any atom is 0.319 e. The third-order valence-corrected chi connectivity index (χ3v) is 4.48. The van der Waals surface area contributed by atoms with Crippen LogP contribution in [0.1, 0.15) is 18.5 Å². The van der Waals surface area contributed by atoms with E-state index in [9.17, 15) is 13.6 Å². The summed E-state index contributed by atoms with van der Waals surface area (Å²) < 4.78 is 26.3. The van der Waals surface area contributed by atoms with E-state index in [1.165, 1.54) is 18.9 Å². The summed E-state index contributed by atoms with van der Waals surface area (Å²) >= 11 is 1.55. The van der Waals surface area contributed by atoms with Crippen LogP contribution in [0.3, 0.4) is 0 Å². The van der Waals surface area contributed by atoms with E-state index in [4.69, 9.17) is 0 Å². The minimum absolute atomic E-state index is 0.0695. The van der Waals surface area contributed by atoms with Crippen LogP contribution < -0.4 is 15.5 Å². The Labute approximate surface area is 136 Å². The van der Waals surface area contributed by atoms with E-state index in [1.807, 2.05) is 5.38 Å². The van der Waals surface area contributed by atoms with Gasteiger partial charge in [0.1, 0.15) is 11.6 Å². The highest BCUT2D eigenvalue weighted by molar-refractivity contribution is 7.13. The minimum Gasteiger partial charge on any atom is -0.348 e. The van der Waals surface area contributed by atoms with E-state index >= 15 is 0 Å². The van der Waals surface area contributed by atoms with E-state index in [0.717, 1.165) is 36.0 Å². The first-order valence-electron chi connectivity index (χ1n) is 7.31. The van der Waals surface area contributed by atoms with Gasteiger partial charge in [-0.15, -0.1) is 11.3 Å². The molecule has 0 atom stereocenters. The van der Waals surface area contributed by atoms with Crippen molar-refractivity contribution in [2.75, 3.05) is 23.3 Å². The number of hydrogen-bond acceptors (Lipinski definition) is 4. The number of aromatic nitrogens is 1. The van der Waals surface area contributed by atoms with Gasteiger partial charge in [-0.3, -0.25) is 0 Å². The zero-order valence-corrected chi connectivity index (χ0v) is 13.1. The van der Waals surface area contributed by atoms with Gasteiger partial charge < -0.3 is 15.5 Å². The average molecular weight is 338 g/mol. The number of nitrogens with zero attached hydrogens (tertiary/aromatic N) is 2.